The molecule has 1 atom stereocenters. The molecule has 0 aliphatic carbocycles. The SMILES string of the molecule is CCCC[C@H](N)CCF. The fraction of sp³-hybridized carbons (Fsp3) is 1.00. The van der Waals surface area contributed by atoms with Crippen LogP contribution in [0.15, 0.2) is 0 Å². The summed E-state index contributed by atoms with van der Waals surface area (Å²) in [5, 5.41) is 0. The van der Waals surface area contributed by atoms with Gasteiger partial charge in [-0.2, -0.15) is 0 Å². The van der Waals surface area contributed by atoms with Crippen molar-refractivity contribution in [3.63, 3.8) is 0 Å². The van der Waals surface area contributed by atoms with Crippen molar-refractivity contribution in [3.05, 3.63) is 0 Å². The van der Waals surface area contributed by atoms with E-state index in [-0.39, 0.29) is 12.7 Å². The number of hydrogen-bond donors (Lipinski definition) is 1. The van der Waals surface area contributed by atoms with Gasteiger partial charge >= 0.3 is 0 Å². The molecule has 0 saturated carbocycles. The smallest absolute Gasteiger partial charge is 0.0909 e. The summed E-state index contributed by atoms with van der Waals surface area (Å²) in [6, 6.07) is 0.0925. The quantitative estimate of drug-likeness (QED) is 0.608. The molecule has 56 valence electrons. The van der Waals surface area contributed by atoms with Crippen molar-refractivity contribution in [2.75, 3.05) is 6.67 Å². The number of hydrogen-bond acceptors (Lipinski definition) is 1. The minimum absolute atomic E-state index is 0.0925. The Morgan fingerprint density at radius 1 is 1.44 bits per heavy atom. The van der Waals surface area contributed by atoms with E-state index in [1.807, 2.05) is 0 Å². The summed E-state index contributed by atoms with van der Waals surface area (Å²) >= 11 is 0. The fourth-order valence-electron chi connectivity index (χ4n) is 0.751. The van der Waals surface area contributed by atoms with E-state index in [1.165, 1.54) is 0 Å². The molecule has 0 aromatic rings. The van der Waals surface area contributed by atoms with E-state index in [0.717, 1.165) is 19.3 Å². The summed E-state index contributed by atoms with van der Waals surface area (Å²) in [4.78, 5) is 0. The minimum atomic E-state index is -0.273. The molecule has 0 unspecified atom stereocenters. The first-order chi connectivity index (χ1) is 4.31. The average molecular weight is 133 g/mol. The zero-order valence-electron chi connectivity index (χ0n) is 6.07. The molecule has 2 heteroatoms. The second kappa shape index (κ2) is 6.02. The lowest BCUT2D eigenvalue weighted by Gasteiger charge is -2.06. The standard InChI is InChI=1S/C7H16FN/c1-2-3-4-7(9)5-6-8/h7H,2-6,9H2,1H3/t7-/m0/s1. The van der Waals surface area contributed by atoms with Gasteiger partial charge in [-0.3, -0.25) is 4.39 Å². The van der Waals surface area contributed by atoms with Crippen LogP contribution in [0.5, 0.6) is 0 Å². The Hall–Kier alpha value is -0.110. The molecule has 0 aromatic heterocycles. The monoisotopic (exact) mass is 133 g/mol. The Kier molecular flexibility index (Phi) is 5.94. The zero-order valence-corrected chi connectivity index (χ0v) is 6.07. The van der Waals surface area contributed by atoms with Gasteiger partial charge in [0.2, 0.25) is 0 Å². The summed E-state index contributed by atoms with van der Waals surface area (Å²) in [5.41, 5.74) is 5.53. The first-order valence-corrected chi connectivity index (χ1v) is 3.62. The van der Waals surface area contributed by atoms with Gasteiger partial charge in [0.05, 0.1) is 6.67 Å². The highest BCUT2D eigenvalue weighted by Gasteiger charge is 1.99. The van der Waals surface area contributed by atoms with E-state index in [4.69, 9.17) is 5.73 Å². The van der Waals surface area contributed by atoms with Gasteiger partial charge in [0, 0.05) is 6.04 Å². The van der Waals surface area contributed by atoms with Crippen LogP contribution in [0.25, 0.3) is 0 Å². The third-order valence-corrected chi connectivity index (χ3v) is 1.41. The van der Waals surface area contributed by atoms with Gasteiger partial charge in [0.25, 0.3) is 0 Å². The van der Waals surface area contributed by atoms with Crippen LogP contribution >= 0.6 is 0 Å². The van der Waals surface area contributed by atoms with Gasteiger partial charge in [-0.1, -0.05) is 19.8 Å². The maximum absolute atomic E-state index is 11.6. The van der Waals surface area contributed by atoms with Crippen LogP contribution in [0.1, 0.15) is 32.6 Å². The lowest BCUT2D eigenvalue weighted by Crippen LogP contribution is -2.19. The van der Waals surface area contributed by atoms with Gasteiger partial charge in [-0.15, -0.1) is 0 Å². The second-order valence-corrected chi connectivity index (χ2v) is 2.38. The predicted octanol–water partition coefficient (Wildman–Crippen LogP) is 1.86. The summed E-state index contributed by atoms with van der Waals surface area (Å²) < 4.78 is 11.6. The molecule has 0 bridgehead atoms. The average Bonchev–Trinajstić information content (AvgIpc) is 1.85. The van der Waals surface area contributed by atoms with E-state index in [9.17, 15) is 4.39 Å². The van der Waals surface area contributed by atoms with Crippen LogP contribution in [0.4, 0.5) is 4.39 Å². The third kappa shape index (κ3) is 5.77. The van der Waals surface area contributed by atoms with Gasteiger partial charge in [-0.25, -0.2) is 0 Å². The lowest BCUT2D eigenvalue weighted by atomic mass is 10.1. The summed E-state index contributed by atoms with van der Waals surface area (Å²) in [5.74, 6) is 0. The molecule has 9 heavy (non-hydrogen) atoms. The largest absolute Gasteiger partial charge is 0.328 e. The van der Waals surface area contributed by atoms with Crippen LogP contribution in [0.2, 0.25) is 0 Å². The molecule has 0 aliphatic rings. The first kappa shape index (κ1) is 8.89. The minimum Gasteiger partial charge on any atom is -0.328 e. The van der Waals surface area contributed by atoms with Crippen molar-refractivity contribution in [2.24, 2.45) is 5.73 Å². The van der Waals surface area contributed by atoms with Crippen molar-refractivity contribution < 1.29 is 4.39 Å². The number of alkyl halides is 1. The third-order valence-electron chi connectivity index (χ3n) is 1.41. The van der Waals surface area contributed by atoms with E-state index in [1.54, 1.807) is 0 Å². The van der Waals surface area contributed by atoms with Crippen LogP contribution in [-0.4, -0.2) is 12.7 Å². The summed E-state index contributed by atoms with van der Waals surface area (Å²) in [7, 11) is 0. The number of nitrogens with two attached hydrogens (primary N) is 1. The number of rotatable bonds is 5. The summed E-state index contributed by atoms with van der Waals surface area (Å²) in [6.07, 6.45) is 3.78. The molecule has 0 heterocycles. The molecular weight excluding hydrogens is 117 g/mol. The van der Waals surface area contributed by atoms with Crippen LogP contribution in [0, 0.1) is 0 Å². The van der Waals surface area contributed by atoms with Crippen LogP contribution < -0.4 is 5.73 Å². The molecule has 1 nitrogen and oxygen atoms in total. The number of unbranched alkanes of at least 4 members (excludes halogenated alkanes) is 1. The van der Waals surface area contributed by atoms with Crippen molar-refractivity contribution in [3.8, 4) is 0 Å². The normalized spacial score (nSPS) is 13.7. The zero-order chi connectivity index (χ0) is 7.11. The highest BCUT2D eigenvalue weighted by Crippen LogP contribution is 2.01. The molecule has 0 aromatic carbocycles. The van der Waals surface area contributed by atoms with Crippen LogP contribution in [0.3, 0.4) is 0 Å². The van der Waals surface area contributed by atoms with Crippen molar-refractivity contribution in [1.29, 1.82) is 0 Å². The molecular formula is C7H16FN. The molecule has 0 spiro atoms. The Bertz CT molecular complexity index is 56.9. The first-order valence-electron chi connectivity index (χ1n) is 3.62. The highest BCUT2D eigenvalue weighted by molar-refractivity contribution is 4.59. The maximum Gasteiger partial charge on any atom is 0.0909 e. The summed E-state index contributed by atoms with van der Waals surface area (Å²) in [6.45, 7) is 1.84. The van der Waals surface area contributed by atoms with Gasteiger partial charge < -0.3 is 5.73 Å². The van der Waals surface area contributed by atoms with Gasteiger partial charge in [0.1, 0.15) is 0 Å². The van der Waals surface area contributed by atoms with Gasteiger partial charge in [-0.05, 0) is 12.8 Å². The molecule has 0 fully saturated rings. The Balaban J connectivity index is 2.95. The second-order valence-electron chi connectivity index (χ2n) is 2.38. The van der Waals surface area contributed by atoms with Crippen molar-refractivity contribution in [2.45, 2.75) is 38.6 Å². The van der Waals surface area contributed by atoms with Crippen LogP contribution in [-0.2, 0) is 0 Å². The molecule has 0 saturated heterocycles. The lowest BCUT2D eigenvalue weighted by molar-refractivity contribution is 0.420. The molecule has 0 aliphatic heterocycles. The fourth-order valence-corrected chi connectivity index (χ4v) is 0.751. The number of halogens is 1. The maximum atomic E-state index is 11.6. The van der Waals surface area contributed by atoms with E-state index < -0.39 is 0 Å². The Labute approximate surface area is 56.4 Å². The van der Waals surface area contributed by atoms with E-state index >= 15 is 0 Å². The highest BCUT2D eigenvalue weighted by atomic mass is 19.1. The topological polar surface area (TPSA) is 26.0 Å². The molecule has 0 amide bonds. The van der Waals surface area contributed by atoms with E-state index in [2.05, 4.69) is 6.92 Å². The van der Waals surface area contributed by atoms with Crippen molar-refractivity contribution in [1.82, 2.24) is 0 Å². The predicted molar refractivity (Wildman–Crippen MR) is 38.1 cm³/mol. The Morgan fingerprint density at radius 3 is 2.56 bits per heavy atom. The van der Waals surface area contributed by atoms with Gasteiger partial charge in [0.15, 0.2) is 0 Å². The molecule has 0 radical (unpaired) electrons. The Morgan fingerprint density at radius 2 is 2.11 bits per heavy atom. The van der Waals surface area contributed by atoms with Crippen molar-refractivity contribution >= 4 is 0 Å². The molecule has 0 rings (SSSR count). The molecule has 2 N–H and O–H groups in total. The van der Waals surface area contributed by atoms with E-state index in [0.29, 0.717) is 6.42 Å².